The first-order valence-electron chi connectivity index (χ1n) is 10.7. The average Bonchev–Trinajstić information content (AvgIpc) is 3.25. The molecule has 1 atom stereocenters. The first-order valence-corrected chi connectivity index (χ1v) is 11.7. The van der Waals surface area contributed by atoms with Crippen molar-refractivity contribution in [3.05, 3.63) is 77.0 Å². The van der Waals surface area contributed by atoms with E-state index in [1.54, 1.807) is 23.7 Å². The molecule has 0 bridgehead atoms. The normalized spacial score (nSPS) is 15.1. The standard InChI is InChI=1S/C24H24N6O2S/c1-32-23-20(12-17(13-25-23)18-7-10-27-30-18)28-22(31)19(11-16-5-3-2-4-6-16)29-24(8-9-24)21-14-33-15-26-21/h2-7,10,12-15,19,29H,8-9,11H2,1H3,(H,27,30)(H,28,31)/t19-/m0/s1. The molecule has 33 heavy (non-hydrogen) atoms. The SMILES string of the molecule is COc1ncc(-c2cc[nH]n2)cc1NC(=O)[C@H](Cc1ccccc1)NC1(c2cscn2)CC1. The zero-order valence-electron chi connectivity index (χ0n) is 18.1. The van der Waals surface area contributed by atoms with Gasteiger partial charge in [0.15, 0.2) is 0 Å². The fourth-order valence-corrected chi connectivity index (χ4v) is 4.58. The second kappa shape index (κ2) is 9.13. The Kier molecular flexibility index (Phi) is 5.89. The van der Waals surface area contributed by atoms with Gasteiger partial charge in [0.05, 0.1) is 35.6 Å². The van der Waals surface area contributed by atoms with Gasteiger partial charge in [-0.2, -0.15) is 5.10 Å². The summed E-state index contributed by atoms with van der Waals surface area (Å²) in [4.78, 5) is 22.4. The smallest absolute Gasteiger partial charge is 0.242 e. The molecule has 3 aromatic heterocycles. The van der Waals surface area contributed by atoms with Crippen LogP contribution in [0.3, 0.4) is 0 Å². The molecule has 1 amide bonds. The lowest BCUT2D eigenvalue weighted by molar-refractivity contribution is -0.118. The lowest BCUT2D eigenvalue weighted by Crippen LogP contribution is -2.47. The summed E-state index contributed by atoms with van der Waals surface area (Å²) in [6, 6.07) is 13.2. The summed E-state index contributed by atoms with van der Waals surface area (Å²) in [5, 5.41) is 15.7. The third-order valence-corrected chi connectivity index (χ3v) is 6.41. The minimum atomic E-state index is -0.463. The number of thiazole rings is 1. The van der Waals surface area contributed by atoms with Crippen LogP contribution in [0.4, 0.5) is 5.69 Å². The van der Waals surface area contributed by atoms with Crippen LogP contribution in [-0.4, -0.2) is 39.2 Å². The molecular formula is C24H24N6O2S. The Labute approximate surface area is 195 Å². The topological polar surface area (TPSA) is 105 Å². The summed E-state index contributed by atoms with van der Waals surface area (Å²) in [5.74, 6) is 0.196. The molecule has 0 radical (unpaired) electrons. The molecule has 8 nitrogen and oxygen atoms in total. The van der Waals surface area contributed by atoms with Gasteiger partial charge in [-0.1, -0.05) is 30.3 Å². The van der Waals surface area contributed by atoms with E-state index in [-0.39, 0.29) is 11.4 Å². The van der Waals surface area contributed by atoms with Gasteiger partial charge in [-0.25, -0.2) is 9.97 Å². The van der Waals surface area contributed by atoms with E-state index in [2.05, 4.69) is 36.2 Å². The molecule has 1 saturated carbocycles. The van der Waals surface area contributed by atoms with Crippen LogP contribution in [-0.2, 0) is 16.8 Å². The number of amides is 1. The number of ether oxygens (including phenoxy) is 1. The van der Waals surface area contributed by atoms with Gasteiger partial charge in [-0.15, -0.1) is 11.3 Å². The summed E-state index contributed by atoms with van der Waals surface area (Å²) >= 11 is 1.57. The van der Waals surface area contributed by atoms with E-state index >= 15 is 0 Å². The van der Waals surface area contributed by atoms with Crippen LogP contribution in [0.25, 0.3) is 11.3 Å². The molecule has 168 valence electrons. The largest absolute Gasteiger partial charge is 0.480 e. The van der Waals surface area contributed by atoms with Gasteiger partial charge in [-0.3, -0.25) is 15.2 Å². The van der Waals surface area contributed by atoms with E-state index in [1.807, 2.05) is 48.0 Å². The minimum Gasteiger partial charge on any atom is -0.480 e. The Morgan fingerprint density at radius 2 is 2.09 bits per heavy atom. The number of H-pyrrole nitrogens is 1. The molecule has 0 saturated heterocycles. The molecule has 0 unspecified atom stereocenters. The highest BCUT2D eigenvalue weighted by Gasteiger charge is 2.48. The molecule has 1 aliphatic rings. The Bertz CT molecular complexity index is 1210. The fraction of sp³-hybridized carbons (Fsp3) is 0.250. The Morgan fingerprint density at radius 3 is 2.76 bits per heavy atom. The number of carbonyl (C=O) groups is 1. The van der Waals surface area contributed by atoms with Gasteiger partial charge in [0.25, 0.3) is 0 Å². The Hall–Kier alpha value is -3.56. The van der Waals surface area contributed by atoms with E-state index in [9.17, 15) is 4.79 Å². The van der Waals surface area contributed by atoms with Gasteiger partial charge in [-0.05, 0) is 37.0 Å². The van der Waals surface area contributed by atoms with Crippen LogP contribution in [0.2, 0.25) is 0 Å². The number of pyridine rings is 1. The summed E-state index contributed by atoms with van der Waals surface area (Å²) in [7, 11) is 1.54. The monoisotopic (exact) mass is 460 g/mol. The fourth-order valence-electron chi connectivity index (χ4n) is 3.93. The van der Waals surface area contributed by atoms with Crippen molar-refractivity contribution in [2.45, 2.75) is 30.8 Å². The molecule has 4 aromatic rings. The van der Waals surface area contributed by atoms with Crippen LogP contribution in [0.1, 0.15) is 24.1 Å². The van der Waals surface area contributed by atoms with Gasteiger partial charge in [0.1, 0.15) is 5.69 Å². The summed E-state index contributed by atoms with van der Waals surface area (Å²) in [5.41, 5.74) is 5.67. The highest BCUT2D eigenvalue weighted by Crippen LogP contribution is 2.45. The molecule has 3 N–H and O–H groups in total. The Balaban J connectivity index is 1.42. The second-order valence-corrected chi connectivity index (χ2v) is 8.79. The van der Waals surface area contributed by atoms with Crippen molar-refractivity contribution in [2.75, 3.05) is 12.4 Å². The van der Waals surface area contributed by atoms with Gasteiger partial charge in [0.2, 0.25) is 11.8 Å². The minimum absolute atomic E-state index is 0.153. The van der Waals surface area contributed by atoms with Crippen LogP contribution < -0.4 is 15.4 Å². The Morgan fingerprint density at radius 1 is 1.24 bits per heavy atom. The maximum absolute atomic E-state index is 13.6. The third-order valence-electron chi connectivity index (χ3n) is 5.82. The summed E-state index contributed by atoms with van der Waals surface area (Å²) in [6.07, 6.45) is 5.87. The molecule has 9 heteroatoms. The zero-order valence-corrected chi connectivity index (χ0v) is 18.9. The van der Waals surface area contributed by atoms with Crippen LogP contribution in [0, 0.1) is 0 Å². The van der Waals surface area contributed by atoms with Crippen LogP contribution >= 0.6 is 11.3 Å². The predicted molar refractivity (Wildman–Crippen MR) is 127 cm³/mol. The van der Waals surface area contributed by atoms with Gasteiger partial charge in [0, 0.05) is 23.3 Å². The molecule has 1 aliphatic carbocycles. The second-order valence-electron chi connectivity index (χ2n) is 8.07. The van der Waals surface area contributed by atoms with Gasteiger partial charge < -0.3 is 10.1 Å². The quantitative estimate of drug-likeness (QED) is 0.351. The molecule has 1 aromatic carbocycles. The van der Waals surface area contributed by atoms with Crippen molar-refractivity contribution >= 4 is 22.9 Å². The average molecular weight is 461 g/mol. The lowest BCUT2D eigenvalue weighted by Gasteiger charge is -2.24. The van der Waals surface area contributed by atoms with Gasteiger partial charge >= 0.3 is 0 Å². The molecular weight excluding hydrogens is 436 g/mol. The number of nitrogens with zero attached hydrogens (tertiary/aromatic N) is 3. The number of aromatic nitrogens is 4. The van der Waals surface area contributed by atoms with Crippen LogP contribution in [0.15, 0.2) is 65.7 Å². The van der Waals surface area contributed by atoms with Crippen molar-refractivity contribution in [1.29, 1.82) is 0 Å². The summed E-state index contributed by atoms with van der Waals surface area (Å²) < 4.78 is 5.41. The molecule has 0 aliphatic heterocycles. The number of carbonyl (C=O) groups excluding carboxylic acids is 1. The zero-order chi connectivity index (χ0) is 22.7. The van der Waals surface area contributed by atoms with E-state index in [0.717, 1.165) is 35.4 Å². The van der Waals surface area contributed by atoms with Crippen molar-refractivity contribution in [3.63, 3.8) is 0 Å². The third kappa shape index (κ3) is 4.64. The van der Waals surface area contributed by atoms with Crippen molar-refractivity contribution in [2.24, 2.45) is 0 Å². The number of hydrogen-bond donors (Lipinski definition) is 3. The summed E-state index contributed by atoms with van der Waals surface area (Å²) in [6.45, 7) is 0. The number of benzene rings is 1. The first kappa shape index (κ1) is 21.3. The first-order chi connectivity index (χ1) is 16.2. The van der Waals surface area contributed by atoms with E-state index < -0.39 is 6.04 Å². The number of nitrogens with one attached hydrogen (secondary N) is 3. The highest BCUT2D eigenvalue weighted by atomic mass is 32.1. The molecule has 3 heterocycles. The van der Waals surface area contributed by atoms with Crippen molar-refractivity contribution in [3.8, 4) is 17.1 Å². The van der Waals surface area contributed by atoms with Crippen molar-refractivity contribution < 1.29 is 9.53 Å². The highest BCUT2D eigenvalue weighted by molar-refractivity contribution is 7.07. The molecule has 0 spiro atoms. The molecule has 5 rings (SSSR count). The number of rotatable bonds is 9. The van der Waals surface area contributed by atoms with E-state index in [4.69, 9.17) is 4.74 Å². The van der Waals surface area contributed by atoms with Crippen molar-refractivity contribution in [1.82, 2.24) is 25.5 Å². The maximum Gasteiger partial charge on any atom is 0.242 e. The number of methoxy groups -OCH3 is 1. The number of aromatic amines is 1. The maximum atomic E-state index is 13.6. The predicted octanol–water partition coefficient (Wildman–Crippen LogP) is 3.77. The number of hydrogen-bond acceptors (Lipinski definition) is 7. The van der Waals surface area contributed by atoms with E-state index in [0.29, 0.717) is 18.0 Å². The molecule has 1 fully saturated rings. The van der Waals surface area contributed by atoms with E-state index in [1.165, 1.54) is 7.11 Å². The van der Waals surface area contributed by atoms with Crippen LogP contribution in [0.5, 0.6) is 5.88 Å². The lowest BCUT2D eigenvalue weighted by atomic mass is 10.0. The number of anilines is 1.